The summed E-state index contributed by atoms with van der Waals surface area (Å²) in [5.41, 5.74) is 0.891. The van der Waals surface area contributed by atoms with Crippen molar-refractivity contribution in [1.82, 2.24) is 4.31 Å². The number of amides is 1. The summed E-state index contributed by atoms with van der Waals surface area (Å²) in [5, 5.41) is 2.91. The molecule has 8 heteroatoms. The number of rotatable bonds is 7. The summed E-state index contributed by atoms with van der Waals surface area (Å²) < 4.78 is 33.2. The Kier molecular flexibility index (Phi) is 7.80. The second kappa shape index (κ2) is 10.3. The van der Waals surface area contributed by atoms with Gasteiger partial charge in [0.2, 0.25) is 10.0 Å². The Morgan fingerprint density at radius 1 is 1.10 bits per heavy atom. The zero-order valence-electron chi connectivity index (χ0n) is 17.4. The van der Waals surface area contributed by atoms with Gasteiger partial charge in [-0.1, -0.05) is 31.9 Å². The predicted molar refractivity (Wildman–Crippen MR) is 121 cm³/mol. The lowest BCUT2D eigenvalue weighted by Gasteiger charge is -2.21. The van der Waals surface area contributed by atoms with Crippen LogP contribution >= 0.6 is 11.8 Å². The van der Waals surface area contributed by atoms with Gasteiger partial charge in [-0.15, -0.1) is 11.8 Å². The fraction of sp³-hybridized carbons (Fsp3) is 0.409. The predicted octanol–water partition coefficient (Wildman–Crippen LogP) is 4.62. The highest BCUT2D eigenvalue weighted by Crippen LogP contribution is 2.30. The van der Waals surface area contributed by atoms with Crippen molar-refractivity contribution in [3.05, 3.63) is 48.0 Å². The summed E-state index contributed by atoms with van der Waals surface area (Å²) in [5.74, 6) is 0.812. The molecule has 6 nitrogen and oxygen atoms in total. The minimum Gasteiger partial charge on any atom is -0.496 e. The summed E-state index contributed by atoms with van der Waals surface area (Å²) in [6.07, 6.45) is 3.79. The second-order valence-electron chi connectivity index (χ2n) is 7.06. The first kappa shape index (κ1) is 22.7. The van der Waals surface area contributed by atoms with E-state index >= 15 is 0 Å². The molecule has 0 bridgehead atoms. The van der Waals surface area contributed by atoms with Gasteiger partial charge in [0.25, 0.3) is 5.91 Å². The lowest BCUT2D eigenvalue weighted by atomic mass is 10.2. The number of nitrogens with zero attached hydrogens (tertiary/aromatic N) is 1. The molecule has 1 heterocycles. The Labute approximate surface area is 183 Å². The molecule has 0 aromatic heterocycles. The number of carbonyl (C=O) groups is 1. The zero-order valence-corrected chi connectivity index (χ0v) is 19.0. The average molecular weight is 449 g/mol. The van der Waals surface area contributed by atoms with Gasteiger partial charge in [-0.05, 0) is 48.9 Å². The molecule has 1 aliphatic heterocycles. The van der Waals surface area contributed by atoms with Crippen LogP contribution in [0.25, 0.3) is 0 Å². The number of hydrogen-bond acceptors (Lipinski definition) is 5. The number of hydrogen-bond donors (Lipinski definition) is 1. The van der Waals surface area contributed by atoms with Crippen molar-refractivity contribution in [1.29, 1.82) is 0 Å². The quantitative estimate of drug-likeness (QED) is 0.625. The highest BCUT2D eigenvalue weighted by Gasteiger charge is 2.27. The van der Waals surface area contributed by atoms with Gasteiger partial charge in [0.05, 0.1) is 23.3 Å². The highest BCUT2D eigenvalue weighted by molar-refractivity contribution is 7.99. The van der Waals surface area contributed by atoms with E-state index in [1.54, 1.807) is 17.8 Å². The maximum Gasteiger partial charge on any atom is 0.259 e. The molecule has 162 valence electrons. The van der Waals surface area contributed by atoms with Crippen molar-refractivity contribution in [3.8, 4) is 5.75 Å². The van der Waals surface area contributed by atoms with Gasteiger partial charge in [-0.25, -0.2) is 8.42 Å². The molecule has 0 atom stereocenters. The molecule has 1 amide bonds. The van der Waals surface area contributed by atoms with Crippen LogP contribution in [0.1, 0.15) is 43.0 Å². The van der Waals surface area contributed by atoms with Crippen LogP contribution in [-0.2, 0) is 10.0 Å². The van der Waals surface area contributed by atoms with Gasteiger partial charge in [0, 0.05) is 18.0 Å². The summed E-state index contributed by atoms with van der Waals surface area (Å²) >= 11 is 1.63. The number of methoxy groups -OCH3 is 1. The molecule has 0 radical (unpaired) electrons. The van der Waals surface area contributed by atoms with E-state index in [0.717, 1.165) is 36.3 Å². The number of anilines is 1. The number of sulfonamides is 1. The number of para-hydroxylation sites is 1. The van der Waals surface area contributed by atoms with Crippen molar-refractivity contribution in [2.24, 2.45) is 0 Å². The minimum absolute atomic E-state index is 0.117. The number of benzene rings is 2. The molecule has 30 heavy (non-hydrogen) atoms. The van der Waals surface area contributed by atoms with Crippen molar-refractivity contribution < 1.29 is 17.9 Å². The van der Waals surface area contributed by atoms with E-state index in [4.69, 9.17) is 4.74 Å². The fourth-order valence-corrected chi connectivity index (χ4v) is 5.80. The van der Waals surface area contributed by atoms with Gasteiger partial charge < -0.3 is 10.1 Å². The Morgan fingerprint density at radius 3 is 2.47 bits per heavy atom. The first-order valence-electron chi connectivity index (χ1n) is 10.2. The maximum absolute atomic E-state index is 13.2. The number of thioether (sulfide) groups is 1. The van der Waals surface area contributed by atoms with Gasteiger partial charge in [-0.2, -0.15) is 4.31 Å². The lowest BCUT2D eigenvalue weighted by molar-refractivity contribution is 0.102. The first-order chi connectivity index (χ1) is 14.5. The van der Waals surface area contributed by atoms with Crippen molar-refractivity contribution in [2.75, 3.05) is 31.3 Å². The van der Waals surface area contributed by atoms with Crippen molar-refractivity contribution in [3.63, 3.8) is 0 Å². The fourth-order valence-electron chi connectivity index (χ4n) is 3.50. The Balaban J connectivity index is 1.92. The maximum atomic E-state index is 13.2. The molecule has 1 N–H and O–H groups in total. The molecular weight excluding hydrogens is 420 g/mol. The van der Waals surface area contributed by atoms with E-state index in [0.29, 0.717) is 24.5 Å². The van der Waals surface area contributed by atoms with Crippen molar-refractivity contribution >= 4 is 33.4 Å². The van der Waals surface area contributed by atoms with Gasteiger partial charge in [-0.3, -0.25) is 4.79 Å². The van der Waals surface area contributed by atoms with Gasteiger partial charge in [0.15, 0.2) is 0 Å². The summed E-state index contributed by atoms with van der Waals surface area (Å²) in [7, 11) is -2.19. The molecule has 0 unspecified atom stereocenters. The van der Waals surface area contributed by atoms with Crippen LogP contribution < -0.4 is 10.1 Å². The minimum atomic E-state index is -3.66. The van der Waals surface area contributed by atoms with Crippen LogP contribution in [0.2, 0.25) is 0 Å². The SMILES string of the molecule is CCSc1ccccc1NC(=O)c1cc(S(=O)(=O)N2CCCCCC2)ccc1OC. The first-order valence-corrected chi connectivity index (χ1v) is 12.6. The lowest BCUT2D eigenvalue weighted by Crippen LogP contribution is -2.32. The molecule has 1 saturated heterocycles. The van der Waals surface area contributed by atoms with Gasteiger partial charge >= 0.3 is 0 Å². The Morgan fingerprint density at radius 2 is 1.80 bits per heavy atom. The Bertz CT molecular complexity index is 984. The van der Waals surface area contributed by atoms with E-state index in [2.05, 4.69) is 5.32 Å². The largest absolute Gasteiger partial charge is 0.496 e. The molecule has 1 fully saturated rings. The molecule has 0 saturated carbocycles. The molecule has 0 spiro atoms. The van der Waals surface area contributed by atoms with Gasteiger partial charge in [0.1, 0.15) is 5.75 Å². The molecule has 0 aliphatic carbocycles. The van der Waals surface area contributed by atoms with E-state index in [9.17, 15) is 13.2 Å². The van der Waals surface area contributed by atoms with Crippen LogP contribution in [0.4, 0.5) is 5.69 Å². The van der Waals surface area contributed by atoms with E-state index < -0.39 is 15.9 Å². The normalized spacial score (nSPS) is 15.4. The zero-order chi connectivity index (χ0) is 21.6. The number of ether oxygens (including phenoxy) is 1. The van der Waals surface area contributed by atoms with Crippen LogP contribution in [-0.4, -0.2) is 44.6 Å². The summed E-state index contributed by atoms with van der Waals surface area (Å²) in [6, 6.07) is 12.0. The van der Waals surface area contributed by atoms with Crippen LogP contribution in [0.5, 0.6) is 5.75 Å². The molecule has 3 rings (SSSR count). The number of carbonyl (C=O) groups excluding carboxylic acids is 1. The Hall–Kier alpha value is -2.03. The average Bonchev–Trinajstić information content (AvgIpc) is 3.05. The smallest absolute Gasteiger partial charge is 0.259 e. The van der Waals surface area contributed by atoms with E-state index in [1.807, 2.05) is 31.2 Å². The van der Waals surface area contributed by atoms with E-state index in [-0.39, 0.29) is 10.5 Å². The highest BCUT2D eigenvalue weighted by atomic mass is 32.2. The topological polar surface area (TPSA) is 75.7 Å². The summed E-state index contributed by atoms with van der Waals surface area (Å²) in [4.78, 5) is 14.1. The number of nitrogens with one attached hydrogen (secondary N) is 1. The molecular formula is C22H28N2O4S2. The molecule has 2 aromatic rings. The molecule has 2 aromatic carbocycles. The van der Waals surface area contributed by atoms with Crippen LogP contribution in [0, 0.1) is 0 Å². The van der Waals surface area contributed by atoms with Crippen LogP contribution in [0.15, 0.2) is 52.3 Å². The molecule has 1 aliphatic rings. The standard InChI is InChI=1S/C22H28N2O4S2/c1-3-29-21-11-7-6-10-19(21)23-22(25)18-16-17(12-13-20(18)28-2)30(26,27)24-14-8-4-5-9-15-24/h6-7,10-13,16H,3-5,8-9,14-15H2,1-2H3,(H,23,25). The third-order valence-corrected chi connectivity index (χ3v) is 7.90. The summed E-state index contributed by atoms with van der Waals surface area (Å²) in [6.45, 7) is 3.07. The van der Waals surface area contributed by atoms with E-state index in [1.165, 1.54) is 23.5 Å². The second-order valence-corrected chi connectivity index (χ2v) is 10.3. The monoisotopic (exact) mass is 448 g/mol. The third kappa shape index (κ3) is 5.17. The third-order valence-electron chi connectivity index (χ3n) is 5.05. The van der Waals surface area contributed by atoms with Crippen molar-refractivity contribution in [2.45, 2.75) is 42.4 Å². The van der Waals surface area contributed by atoms with Crippen LogP contribution in [0.3, 0.4) is 0 Å².